The average Bonchev–Trinajstić information content (AvgIpc) is 3.09. The Morgan fingerprint density at radius 2 is 1.96 bits per heavy atom. The van der Waals surface area contributed by atoms with Gasteiger partial charge in [0, 0.05) is 36.7 Å². The molecule has 1 aromatic carbocycles. The Bertz CT molecular complexity index is 784. The monoisotopic (exact) mass is 341 g/mol. The molecule has 0 bridgehead atoms. The lowest BCUT2D eigenvalue weighted by atomic mass is 9.97. The number of urea groups is 1. The Morgan fingerprint density at radius 3 is 2.76 bits per heavy atom. The van der Waals surface area contributed by atoms with Crippen molar-refractivity contribution >= 4 is 11.7 Å². The summed E-state index contributed by atoms with van der Waals surface area (Å²) in [4.78, 5) is 14.8. The highest BCUT2D eigenvalue weighted by molar-refractivity contribution is 5.90. The van der Waals surface area contributed by atoms with Gasteiger partial charge in [0.05, 0.1) is 6.04 Å². The molecule has 132 valence electrons. The van der Waals surface area contributed by atoms with Crippen molar-refractivity contribution in [3.05, 3.63) is 42.2 Å². The molecule has 0 aliphatic carbocycles. The largest absolute Gasteiger partial charge is 0.486 e. The van der Waals surface area contributed by atoms with E-state index in [1.54, 1.807) is 0 Å². The fraction of sp³-hybridized carbons (Fsp3) is 0.421. The van der Waals surface area contributed by atoms with Gasteiger partial charge >= 0.3 is 6.03 Å². The number of fused-ring (bicyclic) bond motifs is 2. The van der Waals surface area contributed by atoms with Crippen LogP contribution in [0.3, 0.4) is 0 Å². The summed E-state index contributed by atoms with van der Waals surface area (Å²) in [5.41, 5.74) is 1.91. The first kappa shape index (κ1) is 15.9. The summed E-state index contributed by atoms with van der Waals surface area (Å²) in [6.45, 7) is 6.90. The summed E-state index contributed by atoms with van der Waals surface area (Å²) in [7, 11) is 0. The standard InChI is InChI=1S/C19H23N3O3/c1-13(2)18-15-4-3-7-21(15)8-9-22(18)19(23)20-14-5-6-16-17(12-14)25-11-10-24-16/h3-7,12-13,18H,8-11H2,1-2H3,(H,20,23). The molecule has 25 heavy (non-hydrogen) atoms. The summed E-state index contributed by atoms with van der Waals surface area (Å²) >= 11 is 0. The van der Waals surface area contributed by atoms with Crippen LogP contribution in [0.5, 0.6) is 11.5 Å². The second-order valence-electron chi connectivity index (χ2n) is 6.80. The number of hydrogen-bond acceptors (Lipinski definition) is 3. The molecule has 3 heterocycles. The minimum atomic E-state index is -0.0807. The van der Waals surface area contributed by atoms with Crippen LogP contribution in [-0.2, 0) is 6.54 Å². The highest BCUT2D eigenvalue weighted by Crippen LogP contribution is 2.35. The number of amides is 2. The first-order valence-corrected chi connectivity index (χ1v) is 8.76. The summed E-state index contributed by atoms with van der Waals surface area (Å²) in [5, 5.41) is 3.01. The molecule has 4 rings (SSSR count). The number of benzene rings is 1. The van der Waals surface area contributed by atoms with Gasteiger partial charge in [-0.15, -0.1) is 0 Å². The predicted octanol–water partition coefficient (Wildman–Crippen LogP) is 3.50. The van der Waals surface area contributed by atoms with E-state index in [2.05, 4.69) is 36.0 Å². The number of ether oxygens (including phenoxy) is 2. The first-order chi connectivity index (χ1) is 12.1. The first-order valence-electron chi connectivity index (χ1n) is 8.76. The summed E-state index contributed by atoms with van der Waals surface area (Å²) < 4.78 is 13.4. The maximum Gasteiger partial charge on any atom is 0.322 e. The molecular weight excluding hydrogens is 318 g/mol. The van der Waals surface area contributed by atoms with E-state index in [0.29, 0.717) is 31.4 Å². The van der Waals surface area contributed by atoms with Gasteiger partial charge in [0.1, 0.15) is 13.2 Å². The molecule has 1 atom stereocenters. The molecular formula is C19H23N3O3. The second kappa shape index (κ2) is 6.35. The third kappa shape index (κ3) is 2.92. The number of rotatable bonds is 2. The number of nitrogens with one attached hydrogen (secondary N) is 1. The molecule has 2 aliphatic heterocycles. The van der Waals surface area contributed by atoms with E-state index in [1.807, 2.05) is 29.2 Å². The van der Waals surface area contributed by atoms with Crippen molar-refractivity contribution in [3.63, 3.8) is 0 Å². The smallest absolute Gasteiger partial charge is 0.322 e. The average molecular weight is 341 g/mol. The topological polar surface area (TPSA) is 55.7 Å². The molecule has 2 amide bonds. The van der Waals surface area contributed by atoms with Crippen molar-refractivity contribution in [1.29, 1.82) is 0 Å². The van der Waals surface area contributed by atoms with Gasteiger partial charge in [-0.2, -0.15) is 0 Å². The zero-order valence-electron chi connectivity index (χ0n) is 14.6. The van der Waals surface area contributed by atoms with Crippen molar-refractivity contribution in [2.45, 2.75) is 26.4 Å². The lowest BCUT2D eigenvalue weighted by Crippen LogP contribution is -2.45. The third-order valence-corrected chi connectivity index (χ3v) is 4.77. The van der Waals surface area contributed by atoms with Gasteiger partial charge in [-0.3, -0.25) is 0 Å². The lowest BCUT2D eigenvalue weighted by Gasteiger charge is -2.39. The number of anilines is 1. The normalized spacial score (nSPS) is 18.8. The molecule has 2 aromatic rings. The lowest BCUT2D eigenvalue weighted by molar-refractivity contribution is 0.144. The van der Waals surface area contributed by atoms with Gasteiger partial charge in [0.2, 0.25) is 0 Å². The molecule has 0 radical (unpaired) electrons. The van der Waals surface area contributed by atoms with Crippen LogP contribution in [0.25, 0.3) is 0 Å². The van der Waals surface area contributed by atoms with Crippen LogP contribution in [0.2, 0.25) is 0 Å². The predicted molar refractivity (Wildman–Crippen MR) is 95.2 cm³/mol. The zero-order chi connectivity index (χ0) is 17.4. The van der Waals surface area contributed by atoms with Crippen molar-refractivity contribution in [2.75, 3.05) is 25.1 Å². The van der Waals surface area contributed by atoms with E-state index < -0.39 is 0 Å². The molecule has 0 spiro atoms. The summed E-state index contributed by atoms with van der Waals surface area (Å²) in [5.74, 6) is 1.73. The maximum absolute atomic E-state index is 12.9. The van der Waals surface area contributed by atoms with Crippen LogP contribution in [0.1, 0.15) is 25.6 Å². The van der Waals surface area contributed by atoms with Crippen LogP contribution < -0.4 is 14.8 Å². The Balaban J connectivity index is 1.54. The van der Waals surface area contributed by atoms with Crippen LogP contribution in [0.4, 0.5) is 10.5 Å². The third-order valence-electron chi connectivity index (χ3n) is 4.77. The van der Waals surface area contributed by atoms with Gasteiger partial charge < -0.3 is 24.3 Å². The summed E-state index contributed by atoms with van der Waals surface area (Å²) in [6, 6.07) is 9.65. The van der Waals surface area contributed by atoms with E-state index in [9.17, 15) is 4.79 Å². The SMILES string of the molecule is CC(C)C1c2cccn2CCN1C(=O)Nc1ccc2c(c1)OCCO2. The van der Waals surface area contributed by atoms with Gasteiger partial charge in [0.25, 0.3) is 0 Å². The molecule has 6 heteroatoms. The fourth-order valence-corrected chi connectivity index (χ4v) is 3.66. The van der Waals surface area contributed by atoms with Crippen molar-refractivity contribution < 1.29 is 14.3 Å². The Morgan fingerprint density at radius 1 is 1.16 bits per heavy atom. The van der Waals surface area contributed by atoms with E-state index in [4.69, 9.17) is 9.47 Å². The van der Waals surface area contributed by atoms with Gasteiger partial charge in [0.15, 0.2) is 11.5 Å². The van der Waals surface area contributed by atoms with E-state index >= 15 is 0 Å². The molecule has 0 saturated heterocycles. The van der Waals surface area contributed by atoms with Crippen molar-refractivity contribution in [2.24, 2.45) is 5.92 Å². The van der Waals surface area contributed by atoms with Crippen LogP contribution in [0, 0.1) is 5.92 Å². The fourth-order valence-electron chi connectivity index (χ4n) is 3.66. The number of hydrogen-bond donors (Lipinski definition) is 1. The minimum Gasteiger partial charge on any atom is -0.486 e. The number of carbonyl (C=O) groups is 1. The van der Waals surface area contributed by atoms with Gasteiger partial charge in [-0.05, 0) is 30.2 Å². The molecule has 0 fully saturated rings. The molecule has 1 aromatic heterocycles. The van der Waals surface area contributed by atoms with Gasteiger partial charge in [-0.25, -0.2) is 4.79 Å². The second-order valence-corrected chi connectivity index (χ2v) is 6.80. The van der Waals surface area contributed by atoms with Crippen molar-refractivity contribution in [3.8, 4) is 11.5 Å². The number of aromatic nitrogens is 1. The minimum absolute atomic E-state index is 0.0703. The molecule has 1 N–H and O–H groups in total. The molecule has 6 nitrogen and oxygen atoms in total. The van der Waals surface area contributed by atoms with Crippen LogP contribution >= 0.6 is 0 Å². The van der Waals surface area contributed by atoms with Crippen LogP contribution in [-0.4, -0.2) is 35.3 Å². The number of nitrogens with zero attached hydrogens (tertiary/aromatic N) is 2. The Labute approximate surface area is 147 Å². The van der Waals surface area contributed by atoms with Crippen LogP contribution in [0.15, 0.2) is 36.5 Å². The Kier molecular flexibility index (Phi) is 4.03. The highest BCUT2D eigenvalue weighted by atomic mass is 16.6. The van der Waals surface area contributed by atoms with Crippen molar-refractivity contribution in [1.82, 2.24) is 9.47 Å². The Hall–Kier alpha value is -2.63. The number of carbonyl (C=O) groups excluding carboxylic acids is 1. The summed E-state index contributed by atoms with van der Waals surface area (Å²) in [6.07, 6.45) is 2.08. The molecule has 0 saturated carbocycles. The quantitative estimate of drug-likeness (QED) is 0.909. The van der Waals surface area contributed by atoms with E-state index in [0.717, 1.165) is 18.0 Å². The zero-order valence-corrected chi connectivity index (χ0v) is 14.6. The van der Waals surface area contributed by atoms with E-state index in [1.165, 1.54) is 5.69 Å². The molecule has 2 aliphatic rings. The maximum atomic E-state index is 12.9. The van der Waals surface area contributed by atoms with E-state index in [-0.39, 0.29) is 12.1 Å². The molecule has 1 unspecified atom stereocenters. The highest BCUT2D eigenvalue weighted by Gasteiger charge is 2.33. The van der Waals surface area contributed by atoms with Gasteiger partial charge in [-0.1, -0.05) is 13.8 Å².